The Morgan fingerprint density at radius 3 is 0.988 bits per heavy atom. The lowest BCUT2D eigenvalue weighted by molar-refractivity contribution is -0.302. The van der Waals surface area contributed by atoms with Gasteiger partial charge in [-0.2, -0.15) is 0 Å². The van der Waals surface area contributed by atoms with E-state index in [2.05, 4.69) is 43.5 Å². The zero-order chi connectivity index (χ0) is 61.4. The Hall–Kier alpha value is -1.59. The van der Waals surface area contributed by atoms with Gasteiger partial charge in [0.15, 0.2) is 6.29 Å². The van der Waals surface area contributed by atoms with Crippen molar-refractivity contribution >= 4 is 5.91 Å². The second kappa shape index (κ2) is 65.4. The summed E-state index contributed by atoms with van der Waals surface area (Å²) in [6, 6.07) is -0.828. The zero-order valence-electron chi connectivity index (χ0n) is 56.4. The average molecular weight is 1200 g/mol. The quantitative estimate of drug-likeness (QED) is 0.0261. The number of hydrogen-bond acceptors (Lipinski definition) is 8. The minimum Gasteiger partial charge on any atom is -0.394 e. The van der Waals surface area contributed by atoms with Crippen LogP contribution in [0.5, 0.6) is 0 Å². The van der Waals surface area contributed by atoms with Crippen LogP contribution in [0.25, 0.3) is 0 Å². The van der Waals surface area contributed by atoms with Gasteiger partial charge < -0.3 is 40.3 Å². The molecule has 0 aromatic heterocycles. The first-order valence-corrected chi connectivity index (χ1v) is 37.7. The van der Waals surface area contributed by atoms with E-state index in [0.717, 1.165) is 44.9 Å². The highest BCUT2D eigenvalue weighted by atomic mass is 16.7. The Morgan fingerprint density at radius 1 is 0.388 bits per heavy atom. The maximum atomic E-state index is 13.1. The Morgan fingerprint density at radius 2 is 0.671 bits per heavy atom. The first-order valence-electron chi connectivity index (χ1n) is 37.7. The number of ether oxygens (including phenoxy) is 2. The van der Waals surface area contributed by atoms with Crippen molar-refractivity contribution in [3.05, 3.63) is 36.5 Å². The van der Waals surface area contributed by atoms with E-state index in [1.54, 1.807) is 6.08 Å². The second-order valence-corrected chi connectivity index (χ2v) is 26.4. The standard InChI is InChI=1S/C76H145NO8/c1-3-5-7-9-11-13-15-17-19-21-23-25-27-29-31-32-33-34-35-36-37-38-40-42-44-46-48-50-52-54-56-58-60-62-64-66-72(80)77-69(68-84-76-75(83)74(82)73(81)71(67-78)85-76)70(79)65-63-61-59-57-55-53-51-49-47-45-43-41-39-30-28-26-24-22-20-18-16-14-12-10-8-6-4-2/h47,49,55,57,63,65,69-71,73-76,78-79,81-83H,3-46,48,50-54,56,58-62,64,66-68H2,1-2H3,(H,77,80)/b49-47+,57-55+,65-63+. The minimum absolute atomic E-state index is 0.182. The molecule has 0 aromatic rings. The van der Waals surface area contributed by atoms with E-state index in [1.165, 1.54) is 321 Å². The predicted octanol–water partition coefficient (Wildman–Crippen LogP) is 21.0. The minimum atomic E-state index is -1.58. The van der Waals surface area contributed by atoms with Crippen LogP contribution in [0.1, 0.15) is 386 Å². The van der Waals surface area contributed by atoms with Crippen molar-refractivity contribution in [1.82, 2.24) is 5.32 Å². The fourth-order valence-electron chi connectivity index (χ4n) is 12.3. The fourth-order valence-corrected chi connectivity index (χ4v) is 12.3. The number of nitrogens with one attached hydrogen (secondary N) is 1. The van der Waals surface area contributed by atoms with Crippen molar-refractivity contribution in [3.63, 3.8) is 0 Å². The van der Waals surface area contributed by atoms with E-state index in [-0.39, 0.29) is 12.5 Å². The lowest BCUT2D eigenvalue weighted by atomic mass is 9.99. The Balaban J connectivity index is 2.10. The number of rotatable bonds is 67. The third-order valence-corrected chi connectivity index (χ3v) is 18.2. The summed E-state index contributed by atoms with van der Waals surface area (Å²) >= 11 is 0. The molecular weight excluding hydrogens is 1050 g/mol. The highest BCUT2D eigenvalue weighted by molar-refractivity contribution is 5.76. The van der Waals surface area contributed by atoms with Gasteiger partial charge in [0.2, 0.25) is 5.91 Å². The lowest BCUT2D eigenvalue weighted by Gasteiger charge is -2.40. The second-order valence-electron chi connectivity index (χ2n) is 26.4. The number of allylic oxidation sites excluding steroid dienone is 5. The Kier molecular flexibility index (Phi) is 62.6. The van der Waals surface area contributed by atoms with Crippen molar-refractivity contribution in [2.24, 2.45) is 0 Å². The van der Waals surface area contributed by atoms with Crippen LogP contribution in [-0.2, 0) is 14.3 Å². The molecule has 1 amide bonds. The molecule has 0 spiro atoms. The number of unbranched alkanes of at least 4 members (excludes halogenated alkanes) is 53. The summed E-state index contributed by atoms with van der Waals surface area (Å²) in [5.74, 6) is -0.182. The van der Waals surface area contributed by atoms with Crippen molar-refractivity contribution in [1.29, 1.82) is 0 Å². The predicted molar refractivity (Wildman–Crippen MR) is 364 cm³/mol. The molecule has 1 aliphatic rings. The molecule has 7 atom stereocenters. The molecular formula is C76H145NO8. The average Bonchev–Trinajstić information content (AvgIpc) is 3.70. The van der Waals surface area contributed by atoms with Crippen molar-refractivity contribution < 1.29 is 39.8 Å². The number of carbonyl (C=O) groups excluding carboxylic acids is 1. The molecule has 7 unspecified atom stereocenters. The van der Waals surface area contributed by atoms with E-state index in [9.17, 15) is 30.3 Å². The maximum Gasteiger partial charge on any atom is 0.220 e. The van der Waals surface area contributed by atoms with Crippen molar-refractivity contribution in [3.8, 4) is 0 Å². The third kappa shape index (κ3) is 53.9. The van der Waals surface area contributed by atoms with Gasteiger partial charge in [0.05, 0.1) is 25.4 Å². The van der Waals surface area contributed by atoms with E-state index >= 15 is 0 Å². The monoisotopic (exact) mass is 1200 g/mol. The molecule has 502 valence electrons. The molecule has 1 heterocycles. The summed E-state index contributed by atoms with van der Waals surface area (Å²) in [6.45, 7) is 3.82. The Bertz CT molecular complexity index is 1440. The molecule has 0 bridgehead atoms. The van der Waals surface area contributed by atoms with Crippen LogP contribution in [0, 0.1) is 0 Å². The topological polar surface area (TPSA) is 149 Å². The molecule has 9 nitrogen and oxygen atoms in total. The van der Waals surface area contributed by atoms with E-state index in [1.807, 2.05) is 6.08 Å². The smallest absolute Gasteiger partial charge is 0.220 e. The van der Waals surface area contributed by atoms with Gasteiger partial charge in [-0.25, -0.2) is 0 Å². The van der Waals surface area contributed by atoms with Crippen molar-refractivity contribution in [2.45, 2.75) is 429 Å². The van der Waals surface area contributed by atoms with Gasteiger partial charge >= 0.3 is 0 Å². The van der Waals surface area contributed by atoms with Crippen LogP contribution >= 0.6 is 0 Å². The molecule has 0 aromatic carbocycles. The van der Waals surface area contributed by atoms with E-state index in [0.29, 0.717) is 6.42 Å². The Labute approximate surface area is 527 Å². The normalized spacial score (nSPS) is 18.2. The van der Waals surface area contributed by atoms with Gasteiger partial charge in [0.1, 0.15) is 24.4 Å². The van der Waals surface area contributed by atoms with Crippen LogP contribution in [0.15, 0.2) is 36.5 Å². The van der Waals surface area contributed by atoms with Crippen LogP contribution < -0.4 is 5.32 Å². The third-order valence-electron chi connectivity index (χ3n) is 18.2. The molecule has 9 heteroatoms. The van der Waals surface area contributed by atoms with Gasteiger partial charge in [-0.05, 0) is 44.9 Å². The zero-order valence-corrected chi connectivity index (χ0v) is 56.4. The van der Waals surface area contributed by atoms with Crippen LogP contribution in [0.2, 0.25) is 0 Å². The molecule has 0 aliphatic carbocycles. The SMILES string of the molecule is CCCCCCCCCCCCCCCCCCC/C=C/CC/C=C/CC/C=C/C(O)C(COC1OC(CO)C(O)C(O)C1O)NC(=O)CCCCCCCCCCCCCCCCCCCCCCCCCCCCCCCCCCCCC. The molecule has 0 saturated carbocycles. The molecule has 1 fully saturated rings. The summed E-state index contributed by atoms with van der Waals surface area (Å²) in [5.41, 5.74) is 0. The molecule has 1 aliphatic heterocycles. The van der Waals surface area contributed by atoms with Crippen LogP contribution in [-0.4, -0.2) is 87.5 Å². The fraction of sp³-hybridized carbons (Fsp3) is 0.908. The van der Waals surface area contributed by atoms with Gasteiger partial charge in [0.25, 0.3) is 0 Å². The number of hydrogen-bond donors (Lipinski definition) is 6. The summed E-state index contributed by atoms with van der Waals surface area (Å²) in [4.78, 5) is 13.1. The van der Waals surface area contributed by atoms with Crippen molar-refractivity contribution in [2.75, 3.05) is 13.2 Å². The maximum absolute atomic E-state index is 13.1. The van der Waals surface area contributed by atoms with Gasteiger partial charge in [-0.3, -0.25) is 4.79 Å². The van der Waals surface area contributed by atoms with Gasteiger partial charge in [0, 0.05) is 6.42 Å². The summed E-state index contributed by atoms with van der Waals surface area (Å²) in [5, 5.41) is 54.8. The van der Waals surface area contributed by atoms with Gasteiger partial charge in [-0.1, -0.05) is 371 Å². The van der Waals surface area contributed by atoms with E-state index < -0.39 is 49.5 Å². The highest BCUT2D eigenvalue weighted by Crippen LogP contribution is 2.24. The first kappa shape index (κ1) is 81.4. The summed E-state index contributed by atoms with van der Waals surface area (Å²) in [6.07, 6.45) is 81.5. The number of carbonyl (C=O) groups is 1. The lowest BCUT2D eigenvalue weighted by Crippen LogP contribution is -2.60. The van der Waals surface area contributed by atoms with E-state index in [4.69, 9.17) is 9.47 Å². The summed E-state index contributed by atoms with van der Waals surface area (Å²) < 4.78 is 11.3. The van der Waals surface area contributed by atoms with Crippen LogP contribution in [0.3, 0.4) is 0 Å². The number of aliphatic hydroxyl groups excluding tert-OH is 5. The molecule has 6 N–H and O–H groups in total. The number of amides is 1. The van der Waals surface area contributed by atoms with Gasteiger partial charge in [-0.15, -0.1) is 0 Å². The number of aliphatic hydroxyl groups is 5. The molecule has 0 radical (unpaired) electrons. The molecule has 1 rings (SSSR count). The highest BCUT2D eigenvalue weighted by Gasteiger charge is 2.44. The van der Waals surface area contributed by atoms with Crippen LogP contribution in [0.4, 0.5) is 0 Å². The molecule has 1 saturated heterocycles. The molecule has 85 heavy (non-hydrogen) atoms. The largest absolute Gasteiger partial charge is 0.394 e. The first-order chi connectivity index (χ1) is 41.8. The summed E-state index contributed by atoms with van der Waals surface area (Å²) in [7, 11) is 0.